The van der Waals surface area contributed by atoms with Crippen molar-refractivity contribution in [2.24, 2.45) is 0 Å². The molecular formula is C18H20ClN5O3. The second-order valence-corrected chi connectivity index (χ2v) is 6.30. The van der Waals surface area contributed by atoms with Crippen LogP contribution in [0.2, 0.25) is 5.28 Å². The van der Waals surface area contributed by atoms with E-state index in [9.17, 15) is 9.59 Å². The molecule has 1 fully saturated rings. The number of amides is 1. The molecule has 3 rings (SSSR count). The molecular weight excluding hydrogens is 370 g/mol. The van der Waals surface area contributed by atoms with Gasteiger partial charge in [0.2, 0.25) is 5.28 Å². The number of nitrogens with one attached hydrogen (secondary N) is 2. The number of rotatable bonds is 6. The van der Waals surface area contributed by atoms with Crippen LogP contribution in [-0.4, -0.2) is 66.5 Å². The van der Waals surface area contributed by atoms with Gasteiger partial charge in [-0.1, -0.05) is 0 Å². The molecule has 1 amide bonds. The van der Waals surface area contributed by atoms with Gasteiger partial charge < -0.3 is 20.3 Å². The first kappa shape index (κ1) is 19.2. The van der Waals surface area contributed by atoms with Crippen molar-refractivity contribution >= 4 is 34.8 Å². The summed E-state index contributed by atoms with van der Waals surface area (Å²) in [5.41, 5.74) is 1.61. The van der Waals surface area contributed by atoms with Crippen molar-refractivity contribution in [3.8, 4) is 0 Å². The second kappa shape index (κ2) is 8.90. The van der Waals surface area contributed by atoms with Crippen LogP contribution in [-0.2, 0) is 4.74 Å². The number of ether oxygens (including phenoxy) is 1. The smallest absolute Gasteiger partial charge is 0.254 e. The van der Waals surface area contributed by atoms with E-state index in [1.807, 2.05) is 0 Å². The van der Waals surface area contributed by atoms with Crippen LogP contribution in [0.1, 0.15) is 20.7 Å². The van der Waals surface area contributed by atoms with Gasteiger partial charge in [-0.15, -0.1) is 0 Å². The van der Waals surface area contributed by atoms with Crippen molar-refractivity contribution in [1.29, 1.82) is 0 Å². The number of Topliss-reactive ketones (excluding diaryl/α,β-unsaturated/α-hetero) is 1. The molecule has 9 heteroatoms. The predicted octanol–water partition coefficient (Wildman–Crippen LogP) is 1.75. The van der Waals surface area contributed by atoms with E-state index < -0.39 is 0 Å². The van der Waals surface area contributed by atoms with E-state index >= 15 is 0 Å². The molecule has 8 nitrogen and oxygen atoms in total. The summed E-state index contributed by atoms with van der Waals surface area (Å²) in [7, 11) is 1.69. The SMILES string of the molecule is CNCC(=O)c1cnc(Cl)nc1Nc1ccc(C(=O)N2CCOCC2)cc1. The summed E-state index contributed by atoms with van der Waals surface area (Å²) in [5.74, 6) is 0.137. The Morgan fingerprint density at radius 1 is 1.22 bits per heavy atom. The fraction of sp³-hybridized carbons (Fsp3) is 0.333. The first-order valence-electron chi connectivity index (χ1n) is 8.53. The first-order chi connectivity index (χ1) is 13.1. The Morgan fingerprint density at radius 3 is 2.59 bits per heavy atom. The van der Waals surface area contributed by atoms with Gasteiger partial charge in [-0.2, -0.15) is 4.98 Å². The molecule has 1 aliphatic rings. The van der Waals surface area contributed by atoms with Crippen molar-refractivity contribution < 1.29 is 14.3 Å². The Bertz CT molecular complexity index is 822. The summed E-state index contributed by atoms with van der Waals surface area (Å²) < 4.78 is 5.27. The molecule has 0 atom stereocenters. The first-order valence-corrected chi connectivity index (χ1v) is 8.90. The third-order valence-corrected chi connectivity index (χ3v) is 4.27. The molecule has 0 saturated carbocycles. The Labute approximate surface area is 161 Å². The van der Waals surface area contributed by atoms with Gasteiger partial charge in [0, 0.05) is 30.5 Å². The molecule has 27 heavy (non-hydrogen) atoms. The lowest BCUT2D eigenvalue weighted by molar-refractivity contribution is 0.0303. The second-order valence-electron chi connectivity index (χ2n) is 5.96. The van der Waals surface area contributed by atoms with Gasteiger partial charge in [-0.25, -0.2) is 4.98 Å². The van der Waals surface area contributed by atoms with Crippen LogP contribution in [0.4, 0.5) is 11.5 Å². The lowest BCUT2D eigenvalue weighted by Gasteiger charge is -2.26. The van der Waals surface area contributed by atoms with Crippen LogP contribution >= 0.6 is 11.6 Å². The number of carbonyl (C=O) groups is 2. The summed E-state index contributed by atoms with van der Waals surface area (Å²) in [6.45, 7) is 2.46. The fourth-order valence-corrected chi connectivity index (χ4v) is 2.83. The van der Waals surface area contributed by atoms with Crippen LogP contribution in [0.25, 0.3) is 0 Å². The molecule has 1 aromatic carbocycles. The van der Waals surface area contributed by atoms with Gasteiger partial charge in [-0.05, 0) is 42.9 Å². The highest BCUT2D eigenvalue weighted by molar-refractivity contribution is 6.28. The number of morpholine rings is 1. The van der Waals surface area contributed by atoms with E-state index in [0.717, 1.165) is 0 Å². The number of benzene rings is 1. The number of halogens is 1. The number of likely N-dealkylation sites (N-methyl/N-ethyl adjacent to an activating group) is 1. The van der Waals surface area contributed by atoms with E-state index in [1.165, 1.54) is 6.20 Å². The van der Waals surface area contributed by atoms with Crippen molar-refractivity contribution in [1.82, 2.24) is 20.2 Å². The fourth-order valence-electron chi connectivity index (χ4n) is 2.70. The number of anilines is 2. The van der Waals surface area contributed by atoms with Crippen LogP contribution in [0.3, 0.4) is 0 Å². The molecule has 2 N–H and O–H groups in total. The summed E-state index contributed by atoms with van der Waals surface area (Å²) in [4.78, 5) is 34.4. The van der Waals surface area contributed by atoms with Crippen LogP contribution in [0, 0.1) is 0 Å². The molecule has 0 spiro atoms. The molecule has 1 aromatic heterocycles. The van der Waals surface area contributed by atoms with E-state index in [1.54, 1.807) is 36.2 Å². The minimum atomic E-state index is -0.157. The summed E-state index contributed by atoms with van der Waals surface area (Å²) in [6.07, 6.45) is 1.40. The maximum absolute atomic E-state index is 12.5. The molecule has 142 valence electrons. The lowest BCUT2D eigenvalue weighted by atomic mass is 10.1. The summed E-state index contributed by atoms with van der Waals surface area (Å²) in [5, 5.41) is 5.91. The van der Waals surface area contributed by atoms with Crippen molar-refractivity contribution in [3.63, 3.8) is 0 Å². The molecule has 2 aromatic rings. The van der Waals surface area contributed by atoms with E-state index in [4.69, 9.17) is 16.3 Å². The highest BCUT2D eigenvalue weighted by atomic mass is 35.5. The average molecular weight is 390 g/mol. The maximum Gasteiger partial charge on any atom is 0.254 e. The van der Waals surface area contributed by atoms with Crippen molar-refractivity contribution in [3.05, 3.63) is 46.9 Å². The minimum Gasteiger partial charge on any atom is -0.378 e. The van der Waals surface area contributed by atoms with E-state index in [2.05, 4.69) is 20.6 Å². The Hall–Kier alpha value is -2.55. The molecule has 0 radical (unpaired) electrons. The maximum atomic E-state index is 12.5. The molecule has 0 unspecified atom stereocenters. The third kappa shape index (κ3) is 4.79. The number of hydrogen-bond acceptors (Lipinski definition) is 7. The number of aromatic nitrogens is 2. The number of ketones is 1. The number of nitrogens with zero attached hydrogens (tertiary/aromatic N) is 3. The summed E-state index contributed by atoms with van der Waals surface area (Å²) >= 11 is 5.87. The zero-order chi connectivity index (χ0) is 19.2. The highest BCUT2D eigenvalue weighted by Crippen LogP contribution is 2.21. The van der Waals surface area contributed by atoms with Gasteiger partial charge >= 0.3 is 0 Å². The third-order valence-electron chi connectivity index (χ3n) is 4.09. The standard InChI is InChI=1S/C18H20ClN5O3/c1-20-11-15(25)14-10-21-18(19)23-16(14)22-13-4-2-12(3-5-13)17(26)24-6-8-27-9-7-24/h2-5,10,20H,6-9,11H2,1H3,(H,21,22,23). The Balaban J connectivity index is 1.76. The molecule has 1 saturated heterocycles. The molecule has 0 bridgehead atoms. The largest absolute Gasteiger partial charge is 0.378 e. The van der Waals surface area contributed by atoms with Crippen molar-refractivity contribution in [2.45, 2.75) is 0 Å². The monoisotopic (exact) mass is 389 g/mol. The van der Waals surface area contributed by atoms with E-state index in [0.29, 0.717) is 48.9 Å². The zero-order valence-corrected chi connectivity index (χ0v) is 15.6. The molecule has 0 aliphatic carbocycles. The molecule has 1 aliphatic heterocycles. The van der Waals surface area contributed by atoms with E-state index in [-0.39, 0.29) is 23.5 Å². The Kier molecular flexibility index (Phi) is 6.33. The zero-order valence-electron chi connectivity index (χ0n) is 14.9. The van der Waals surface area contributed by atoms with Gasteiger partial charge in [0.1, 0.15) is 5.82 Å². The minimum absolute atomic E-state index is 0.0279. The quantitative estimate of drug-likeness (QED) is 0.573. The van der Waals surface area contributed by atoms with Gasteiger partial charge in [0.25, 0.3) is 5.91 Å². The van der Waals surface area contributed by atoms with Gasteiger partial charge in [-0.3, -0.25) is 9.59 Å². The average Bonchev–Trinajstić information content (AvgIpc) is 2.69. The number of carbonyl (C=O) groups excluding carboxylic acids is 2. The number of hydrogen-bond donors (Lipinski definition) is 2. The van der Waals surface area contributed by atoms with Crippen LogP contribution in [0.15, 0.2) is 30.5 Å². The highest BCUT2D eigenvalue weighted by Gasteiger charge is 2.19. The summed E-state index contributed by atoms with van der Waals surface area (Å²) in [6, 6.07) is 6.99. The topological polar surface area (TPSA) is 96.4 Å². The van der Waals surface area contributed by atoms with Crippen LogP contribution in [0.5, 0.6) is 0 Å². The van der Waals surface area contributed by atoms with Crippen molar-refractivity contribution in [2.75, 3.05) is 45.2 Å². The van der Waals surface area contributed by atoms with Gasteiger partial charge in [0.05, 0.1) is 25.3 Å². The molecule has 2 heterocycles. The normalized spacial score (nSPS) is 14.1. The lowest BCUT2D eigenvalue weighted by Crippen LogP contribution is -2.40. The van der Waals surface area contributed by atoms with Gasteiger partial charge in [0.15, 0.2) is 5.78 Å². The Morgan fingerprint density at radius 2 is 1.93 bits per heavy atom. The van der Waals surface area contributed by atoms with Crippen LogP contribution < -0.4 is 10.6 Å². The predicted molar refractivity (Wildman–Crippen MR) is 102 cm³/mol.